The zero-order valence-corrected chi connectivity index (χ0v) is 13.4. The zero-order chi connectivity index (χ0) is 17.1. The number of rotatable bonds is 4. The van der Waals surface area contributed by atoms with E-state index in [-0.39, 0.29) is 12.2 Å². The molecule has 0 bridgehead atoms. The number of esters is 1. The van der Waals surface area contributed by atoms with Gasteiger partial charge < -0.3 is 10.1 Å². The topological polar surface area (TPSA) is 72.7 Å². The molecular weight excluding hydrogens is 306 g/mol. The van der Waals surface area contributed by atoms with Crippen molar-refractivity contribution >= 4 is 17.3 Å². The van der Waals surface area contributed by atoms with E-state index in [0.29, 0.717) is 22.6 Å². The summed E-state index contributed by atoms with van der Waals surface area (Å²) in [7, 11) is 1.74. The number of benzene rings is 1. The zero-order valence-electron chi connectivity index (χ0n) is 13.4. The first-order valence-electron chi connectivity index (χ1n) is 7.52. The largest absolute Gasteiger partial charge is 0.456 e. The highest BCUT2D eigenvalue weighted by Crippen LogP contribution is 2.16. The van der Waals surface area contributed by atoms with E-state index >= 15 is 0 Å². The molecule has 6 heteroatoms. The van der Waals surface area contributed by atoms with Crippen molar-refractivity contribution in [2.45, 2.75) is 13.5 Å². The van der Waals surface area contributed by atoms with Crippen LogP contribution in [-0.2, 0) is 11.3 Å². The molecule has 0 spiro atoms. The Morgan fingerprint density at radius 1 is 1.25 bits per heavy atom. The van der Waals surface area contributed by atoms with Crippen molar-refractivity contribution in [3.8, 4) is 0 Å². The highest BCUT2D eigenvalue weighted by atomic mass is 16.5. The van der Waals surface area contributed by atoms with Gasteiger partial charge in [-0.25, -0.2) is 9.78 Å². The van der Waals surface area contributed by atoms with Gasteiger partial charge in [0.2, 0.25) is 0 Å². The molecule has 24 heavy (non-hydrogen) atoms. The first-order valence-corrected chi connectivity index (χ1v) is 7.52. The number of hydrogen-bond donors (Lipinski definition) is 1. The summed E-state index contributed by atoms with van der Waals surface area (Å²) in [5, 5.41) is 2.95. The molecule has 2 aromatic heterocycles. The first kappa shape index (κ1) is 15.7. The Kier molecular flexibility index (Phi) is 4.29. The van der Waals surface area contributed by atoms with Gasteiger partial charge in [-0.2, -0.15) is 0 Å². The van der Waals surface area contributed by atoms with Crippen molar-refractivity contribution in [2.24, 2.45) is 0 Å². The van der Waals surface area contributed by atoms with Gasteiger partial charge in [-0.05, 0) is 30.7 Å². The smallest absolute Gasteiger partial charge is 0.340 e. The fraction of sp³-hybridized carbons (Fsp3) is 0.167. The number of hydrogen-bond acceptors (Lipinski definition) is 5. The van der Waals surface area contributed by atoms with Crippen LogP contribution in [0.5, 0.6) is 0 Å². The molecule has 0 aliphatic heterocycles. The molecule has 3 rings (SSSR count). The molecule has 0 atom stereocenters. The highest BCUT2D eigenvalue weighted by Gasteiger charge is 2.13. The number of ether oxygens (including phenoxy) is 1. The Bertz CT molecular complexity index is 963. The van der Waals surface area contributed by atoms with Gasteiger partial charge in [-0.15, -0.1) is 0 Å². The number of para-hydroxylation sites is 1. The second kappa shape index (κ2) is 6.54. The van der Waals surface area contributed by atoms with Gasteiger partial charge in [-0.1, -0.05) is 18.2 Å². The summed E-state index contributed by atoms with van der Waals surface area (Å²) in [5.41, 5.74) is 2.78. The van der Waals surface area contributed by atoms with Crippen molar-refractivity contribution in [3.05, 3.63) is 75.8 Å². The number of nitrogens with one attached hydrogen (secondary N) is 1. The third-order valence-corrected chi connectivity index (χ3v) is 3.71. The van der Waals surface area contributed by atoms with Crippen molar-refractivity contribution in [3.63, 3.8) is 0 Å². The molecule has 1 N–H and O–H groups in total. The number of fused-ring (bicyclic) bond motifs is 1. The second-order valence-electron chi connectivity index (χ2n) is 5.34. The lowest BCUT2D eigenvalue weighted by atomic mass is 10.2. The number of nitrogens with zero attached hydrogens (tertiary/aromatic N) is 2. The number of anilines is 1. The third-order valence-electron chi connectivity index (χ3n) is 3.71. The van der Waals surface area contributed by atoms with E-state index < -0.39 is 5.97 Å². The maximum absolute atomic E-state index is 12.2. The number of aryl methyl sites for hydroxylation is 1. The lowest BCUT2D eigenvalue weighted by molar-refractivity contribution is 0.0469. The predicted octanol–water partition coefficient (Wildman–Crippen LogP) is 2.40. The van der Waals surface area contributed by atoms with Crippen LogP contribution < -0.4 is 10.9 Å². The fourth-order valence-corrected chi connectivity index (χ4v) is 2.48. The Labute approximate surface area is 138 Å². The summed E-state index contributed by atoms with van der Waals surface area (Å²) in [6, 6.07) is 12.1. The van der Waals surface area contributed by atoms with E-state index in [9.17, 15) is 9.59 Å². The van der Waals surface area contributed by atoms with Gasteiger partial charge in [0.05, 0.1) is 11.3 Å². The minimum Gasteiger partial charge on any atom is -0.456 e. The quantitative estimate of drug-likeness (QED) is 0.747. The maximum atomic E-state index is 12.2. The molecule has 0 fully saturated rings. The number of carbonyl (C=O) groups is 1. The summed E-state index contributed by atoms with van der Waals surface area (Å²) >= 11 is 0. The average Bonchev–Trinajstić information content (AvgIpc) is 2.60. The van der Waals surface area contributed by atoms with Crippen molar-refractivity contribution < 1.29 is 9.53 Å². The average molecular weight is 323 g/mol. The van der Waals surface area contributed by atoms with Gasteiger partial charge >= 0.3 is 5.97 Å². The molecule has 3 aromatic rings. The van der Waals surface area contributed by atoms with Crippen LogP contribution in [0.4, 0.5) is 5.69 Å². The summed E-state index contributed by atoms with van der Waals surface area (Å²) in [5.74, 6) is -0.466. The van der Waals surface area contributed by atoms with Gasteiger partial charge in [0.25, 0.3) is 5.56 Å². The first-order chi connectivity index (χ1) is 11.6. The lowest BCUT2D eigenvalue weighted by Gasteiger charge is -2.09. The molecule has 0 amide bonds. The molecule has 0 radical (unpaired) electrons. The number of carbonyl (C=O) groups excluding carboxylic acids is 1. The van der Waals surface area contributed by atoms with E-state index in [1.165, 1.54) is 10.5 Å². The van der Waals surface area contributed by atoms with Crippen molar-refractivity contribution in [2.75, 3.05) is 12.4 Å². The molecule has 1 aromatic carbocycles. The maximum Gasteiger partial charge on any atom is 0.340 e. The monoisotopic (exact) mass is 323 g/mol. The second-order valence-corrected chi connectivity index (χ2v) is 5.34. The van der Waals surface area contributed by atoms with Crippen LogP contribution in [0.15, 0.2) is 53.5 Å². The molecule has 0 unspecified atom stereocenters. The van der Waals surface area contributed by atoms with Gasteiger partial charge in [-0.3, -0.25) is 9.20 Å². The van der Waals surface area contributed by atoms with Crippen LogP contribution in [0, 0.1) is 6.92 Å². The third kappa shape index (κ3) is 2.99. The summed E-state index contributed by atoms with van der Waals surface area (Å²) < 4.78 is 6.78. The SMILES string of the molecule is CNc1ccccc1C(=O)OCc1cc(=O)n2cccc(C)c2n1. The molecule has 0 aliphatic carbocycles. The highest BCUT2D eigenvalue weighted by molar-refractivity contribution is 5.95. The summed E-state index contributed by atoms with van der Waals surface area (Å²) in [6.07, 6.45) is 1.66. The van der Waals surface area contributed by atoms with Gasteiger partial charge in [0.1, 0.15) is 12.3 Å². The van der Waals surface area contributed by atoms with Crippen LogP contribution in [0.2, 0.25) is 0 Å². The van der Waals surface area contributed by atoms with Crippen molar-refractivity contribution in [1.82, 2.24) is 9.38 Å². The van der Waals surface area contributed by atoms with Crippen LogP contribution in [0.1, 0.15) is 21.6 Å². The molecule has 2 heterocycles. The molecule has 0 saturated heterocycles. The summed E-state index contributed by atoms with van der Waals surface area (Å²) in [6.45, 7) is 1.82. The number of pyridine rings is 1. The molecule has 0 saturated carbocycles. The Hall–Kier alpha value is -3.15. The van der Waals surface area contributed by atoms with Crippen molar-refractivity contribution in [1.29, 1.82) is 0 Å². The summed E-state index contributed by atoms with van der Waals surface area (Å²) in [4.78, 5) is 28.8. The molecule has 0 aliphatic rings. The minimum absolute atomic E-state index is 0.0586. The van der Waals surface area contributed by atoms with E-state index in [0.717, 1.165) is 5.56 Å². The number of aromatic nitrogens is 2. The standard InChI is InChI=1S/C18H17N3O3/c1-12-6-5-9-21-16(22)10-13(20-17(12)21)11-24-18(23)14-7-3-4-8-15(14)19-2/h3-10,19H,11H2,1-2H3. The van der Waals surface area contributed by atoms with Gasteiger partial charge in [0.15, 0.2) is 0 Å². The Morgan fingerprint density at radius 3 is 2.83 bits per heavy atom. The van der Waals surface area contributed by atoms with Crippen LogP contribution in [0.3, 0.4) is 0 Å². The molecule has 6 nitrogen and oxygen atoms in total. The van der Waals surface area contributed by atoms with Gasteiger partial charge in [0, 0.05) is 25.0 Å². The Morgan fingerprint density at radius 2 is 2.04 bits per heavy atom. The van der Waals surface area contributed by atoms with Crippen LogP contribution in [-0.4, -0.2) is 22.4 Å². The normalized spacial score (nSPS) is 10.6. The molecular formula is C18H17N3O3. The van der Waals surface area contributed by atoms with E-state index in [1.54, 1.807) is 37.5 Å². The lowest BCUT2D eigenvalue weighted by Crippen LogP contribution is -2.17. The minimum atomic E-state index is -0.466. The fourth-order valence-electron chi connectivity index (χ4n) is 2.48. The van der Waals surface area contributed by atoms with Crippen LogP contribution in [0.25, 0.3) is 5.65 Å². The van der Waals surface area contributed by atoms with E-state index in [4.69, 9.17) is 4.74 Å². The Balaban J connectivity index is 1.84. The van der Waals surface area contributed by atoms with Crippen LogP contribution >= 0.6 is 0 Å². The predicted molar refractivity (Wildman–Crippen MR) is 91.3 cm³/mol. The van der Waals surface area contributed by atoms with E-state index in [1.807, 2.05) is 19.1 Å². The molecule has 122 valence electrons. The van der Waals surface area contributed by atoms with E-state index in [2.05, 4.69) is 10.3 Å².